The van der Waals surface area contributed by atoms with E-state index >= 15 is 0 Å². The molecule has 1 saturated heterocycles. The second-order valence-electron chi connectivity index (χ2n) is 11.5. The van der Waals surface area contributed by atoms with Gasteiger partial charge in [-0.1, -0.05) is 31.5 Å². The van der Waals surface area contributed by atoms with Crippen molar-refractivity contribution < 1.29 is 55.3 Å². The van der Waals surface area contributed by atoms with Crippen molar-refractivity contribution in [2.24, 2.45) is 0 Å². The minimum absolute atomic E-state index is 0.0132. The van der Waals surface area contributed by atoms with Crippen LogP contribution in [-0.4, -0.2) is 52.7 Å². The predicted molar refractivity (Wildman–Crippen MR) is 157 cm³/mol. The maximum Gasteiger partial charge on any atom is 0.430 e. The van der Waals surface area contributed by atoms with Crippen LogP contribution in [0.3, 0.4) is 0 Å². The van der Waals surface area contributed by atoms with Crippen LogP contribution in [0.1, 0.15) is 61.2 Å². The number of aryl methyl sites for hydroxylation is 1. The lowest BCUT2D eigenvalue weighted by atomic mass is 9.90. The van der Waals surface area contributed by atoms with Gasteiger partial charge in [0.1, 0.15) is 22.8 Å². The maximum absolute atomic E-state index is 13.4. The number of Topliss-reactive ketones (excluding diaryl/α,β-unsaturated/α-hetero) is 1. The number of ketones is 1. The number of aliphatic hydroxyl groups is 1. The Bertz CT molecular complexity index is 1620. The van der Waals surface area contributed by atoms with E-state index in [1.165, 1.54) is 31.2 Å². The summed E-state index contributed by atoms with van der Waals surface area (Å²) in [4.78, 5) is 39.9. The Labute approximate surface area is 266 Å². The number of nitrogens with one attached hydrogen (secondary N) is 1. The summed E-state index contributed by atoms with van der Waals surface area (Å²) in [7, 11) is 0. The van der Waals surface area contributed by atoms with Gasteiger partial charge in [0.2, 0.25) is 0 Å². The van der Waals surface area contributed by atoms with Crippen LogP contribution in [0.15, 0.2) is 66.7 Å². The van der Waals surface area contributed by atoms with Crippen molar-refractivity contribution in [2.45, 2.75) is 70.1 Å². The van der Waals surface area contributed by atoms with Gasteiger partial charge in [0.15, 0.2) is 5.78 Å². The lowest BCUT2D eigenvalue weighted by Gasteiger charge is -2.33. The Morgan fingerprint density at radius 2 is 1.49 bits per heavy atom. The van der Waals surface area contributed by atoms with Crippen LogP contribution in [0.2, 0.25) is 0 Å². The van der Waals surface area contributed by atoms with Gasteiger partial charge in [-0.05, 0) is 86.8 Å². The lowest BCUT2D eigenvalue weighted by molar-refractivity contribution is -0.376. The summed E-state index contributed by atoms with van der Waals surface area (Å²) >= 11 is 0. The minimum Gasteiger partial charge on any atom is -0.491 e. The van der Waals surface area contributed by atoms with E-state index in [9.17, 15) is 45.8 Å². The number of carbonyl (C=O) groups excluding carboxylic acids is 3. The van der Waals surface area contributed by atoms with E-state index in [2.05, 4.69) is 5.32 Å². The average molecular weight is 667 g/mol. The number of imide groups is 1. The number of ether oxygens (including phenoxy) is 2. The summed E-state index contributed by atoms with van der Waals surface area (Å²) in [5.74, 6) is -0.593. The molecular weight excluding hydrogens is 634 g/mol. The minimum atomic E-state index is -6.04. The highest BCUT2D eigenvalue weighted by molar-refractivity contribution is 6.11. The fourth-order valence-electron chi connectivity index (χ4n) is 5.10. The van der Waals surface area contributed by atoms with Crippen LogP contribution < -0.4 is 14.8 Å². The molecule has 0 saturated carbocycles. The third-order valence-electron chi connectivity index (χ3n) is 7.60. The Balaban J connectivity index is 1.49. The third-order valence-corrected chi connectivity index (χ3v) is 7.60. The van der Waals surface area contributed by atoms with Gasteiger partial charge in [-0.25, -0.2) is 4.79 Å². The number of benzene rings is 3. The largest absolute Gasteiger partial charge is 0.491 e. The molecule has 3 aromatic carbocycles. The first-order valence-corrected chi connectivity index (χ1v) is 14.5. The number of carbonyl (C=O) groups is 3. The molecule has 1 heterocycles. The smallest absolute Gasteiger partial charge is 0.430 e. The van der Waals surface area contributed by atoms with Gasteiger partial charge in [-0.3, -0.25) is 14.5 Å². The summed E-state index contributed by atoms with van der Waals surface area (Å²) in [5, 5.41) is 12.4. The zero-order chi connectivity index (χ0) is 34.9. The molecule has 0 spiro atoms. The fraction of sp³-hybridized carbons (Fsp3) is 0.364. The summed E-state index contributed by atoms with van der Waals surface area (Å²) in [5.41, 5.74) is -7.33. The standard InChI is InChI=1S/C33H32F6N2O6/c1-5-6-21-17-23(31(45,32(34,35)36)33(37,38)39)11-16-27(21)47-25-12-7-20(8-13-25)26(42)18-41-28(43)30(4,40-29(41)44)22-9-14-24(15-10-22)46-19(2)3/h7-17,19,45H,5-6,18H2,1-4H3,(H,40,44). The zero-order valence-corrected chi connectivity index (χ0v) is 25.8. The van der Waals surface area contributed by atoms with Gasteiger partial charge in [-0.15, -0.1) is 0 Å². The van der Waals surface area contributed by atoms with E-state index in [4.69, 9.17) is 9.47 Å². The van der Waals surface area contributed by atoms with Gasteiger partial charge in [0, 0.05) is 11.1 Å². The monoisotopic (exact) mass is 666 g/mol. The molecule has 0 aromatic heterocycles. The van der Waals surface area contributed by atoms with E-state index < -0.39 is 53.3 Å². The molecular formula is C33H32F6N2O6. The maximum atomic E-state index is 13.4. The van der Waals surface area contributed by atoms with E-state index in [0.29, 0.717) is 29.9 Å². The first kappa shape index (κ1) is 35.3. The molecule has 0 bridgehead atoms. The predicted octanol–water partition coefficient (Wildman–Crippen LogP) is 7.18. The number of halogens is 6. The molecule has 252 valence electrons. The molecule has 0 aliphatic carbocycles. The number of nitrogens with zero attached hydrogens (tertiary/aromatic N) is 1. The van der Waals surface area contributed by atoms with Crippen molar-refractivity contribution in [1.29, 1.82) is 0 Å². The second-order valence-corrected chi connectivity index (χ2v) is 11.5. The Morgan fingerprint density at radius 3 is 2.02 bits per heavy atom. The van der Waals surface area contributed by atoms with Crippen LogP contribution in [0, 0.1) is 0 Å². The van der Waals surface area contributed by atoms with Gasteiger partial charge in [0.25, 0.3) is 11.5 Å². The summed E-state index contributed by atoms with van der Waals surface area (Å²) < 4.78 is 91.8. The molecule has 1 aliphatic rings. The highest BCUT2D eigenvalue weighted by Gasteiger charge is 2.71. The van der Waals surface area contributed by atoms with E-state index in [0.717, 1.165) is 11.0 Å². The molecule has 0 radical (unpaired) electrons. The summed E-state index contributed by atoms with van der Waals surface area (Å²) in [6, 6.07) is 13.2. The lowest BCUT2D eigenvalue weighted by Crippen LogP contribution is -2.53. The molecule has 1 aliphatic heterocycles. The average Bonchev–Trinajstić information content (AvgIpc) is 3.20. The number of urea groups is 1. The number of alkyl halides is 6. The van der Waals surface area contributed by atoms with Crippen molar-refractivity contribution >= 4 is 17.7 Å². The van der Waals surface area contributed by atoms with Gasteiger partial charge in [0.05, 0.1) is 12.6 Å². The van der Waals surface area contributed by atoms with Crippen molar-refractivity contribution in [3.63, 3.8) is 0 Å². The molecule has 14 heteroatoms. The third kappa shape index (κ3) is 6.92. The highest BCUT2D eigenvalue weighted by atomic mass is 19.4. The van der Waals surface area contributed by atoms with E-state index in [1.54, 1.807) is 31.2 Å². The summed E-state index contributed by atoms with van der Waals surface area (Å²) in [6.45, 7) is 6.33. The van der Waals surface area contributed by atoms with Gasteiger partial charge in [-0.2, -0.15) is 26.3 Å². The van der Waals surface area contributed by atoms with Crippen molar-refractivity contribution in [2.75, 3.05) is 6.54 Å². The summed E-state index contributed by atoms with van der Waals surface area (Å²) in [6.07, 6.45) is -11.8. The molecule has 3 amide bonds. The van der Waals surface area contributed by atoms with E-state index in [1.807, 2.05) is 13.8 Å². The first-order valence-electron chi connectivity index (χ1n) is 14.5. The number of amides is 3. The van der Waals surface area contributed by atoms with Crippen LogP contribution >= 0.6 is 0 Å². The molecule has 4 rings (SSSR count). The quantitative estimate of drug-likeness (QED) is 0.128. The fourth-order valence-corrected chi connectivity index (χ4v) is 5.10. The zero-order valence-electron chi connectivity index (χ0n) is 25.8. The number of rotatable bonds is 11. The van der Waals surface area contributed by atoms with Crippen molar-refractivity contribution in [3.05, 3.63) is 89.0 Å². The van der Waals surface area contributed by atoms with Crippen LogP contribution in [0.5, 0.6) is 17.2 Å². The van der Waals surface area contributed by atoms with Crippen LogP contribution in [0.25, 0.3) is 0 Å². The molecule has 1 unspecified atom stereocenters. The number of hydrogen-bond acceptors (Lipinski definition) is 6. The van der Waals surface area contributed by atoms with Crippen molar-refractivity contribution in [3.8, 4) is 17.2 Å². The number of hydrogen-bond donors (Lipinski definition) is 2. The van der Waals surface area contributed by atoms with Gasteiger partial charge >= 0.3 is 18.4 Å². The van der Waals surface area contributed by atoms with Crippen LogP contribution in [-0.2, 0) is 22.4 Å². The van der Waals surface area contributed by atoms with Crippen molar-refractivity contribution in [1.82, 2.24) is 10.2 Å². The molecule has 8 nitrogen and oxygen atoms in total. The molecule has 1 atom stereocenters. The molecule has 2 N–H and O–H groups in total. The SMILES string of the molecule is CCCc1cc(C(O)(C(F)(F)F)C(F)(F)F)ccc1Oc1ccc(C(=O)CN2C(=O)NC(C)(c3ccc(OC(C)C)cc3)C2=O)cc1. The van der Waals surface area contributed by atoms with Crippen LogP contribution in [0.4, 0.5) is 31.1 Å². The van der Waals surface area contributed by atoms with Gasteiger partial charge < -0.3 is 19.9 Å². The molecule has 47 heavy (non-hydrogen) atoms. The molecule has 3 aromatic rings. The molecule has 1 fully saturated rings. The topological polar surface area (TPSA) is 105 Å². The second kappa shape index (κ2) is 12.9. The van der Waals surface area contributed by atoms with E-state index in [-0.39, 0.29) is 35.2 Å². The Kier molecular flexibility index (Phi) is 9.68. The Hall–Kier alpha value is -4.59. The normalized spacial score (nSPS) is 17.2. The Morgan fingerprint density at radius 1 is 0.915 bits per heavy atom. The first-order chi connectivity index (χ1) is 21.8. The highest BCUT2D eigenvalue weighted by Crippen LogP contribution is 2.50.